The Labute approximate surface area is 101 Å². The monoisotopic (exact) mass is 238 g/mol. The Morgan fingerprint density at radius 1 is 1.29 bits per heavy atom. The number of nitrogens with zero attached hydrogens (tertiary/aromatic N) is 1. The third kappa shape index (κ3) is 3.94. The molecule has 1 N–H and O–H groups in total. The molecule has 0 aromatic heterocycles. The predicted octanol–water partition coefficient (Wildman–Crippen LogP) is 3.20. The van der Waals surface area contributed by atoms with Crippen molar-refractivity contribution >= 4 is 11.4 Å². The average molecular weight is 238 g/mol. The molecule has 0 radical (unpaired) electrons. The summed E-state index contributed by atoms with van der Waals surface area (Å²) in [5.74, 6) is 0.638. The minimum Gasteiger partial charge on any atom is -0.489 e. The number of anilines is 1. The lowest BCUT2D eigenvalue weighted by molar-refractivity contribution is -0.384. The van der Waals surface area contributed by atoms with Crippen molar-refractivity contribution in [3.63, 3.8) is 0 Å². The normalized spacial score (nSPS) is 10.7. The van der Waals surface area contributed by atoms with Crippen molar-refractivity contribution in [3.8, 4) is 5.75 Å². The first-order chi connectivity index (χ1) is 7.90. The van der Waals surface area contributed by atoms with Crippen LogP contribution in [0.25, 0.3) is 0 Å². The third-order valence-corrected chi connectivity index (χ3v) is 1.98. The lowest BCUT2D eigenvalue weighted by Gasteiger charge is -2.17. The molecule has 0 aliphatic heterocycles. The fourth-order valence-corrected chi connectivity index (χ4v) is 1.41. The van der Waals surface area contributed by atoms with Crippen LogP contribution in [0.2, 0.25) is 0 Å². The Bertz CT molecular complexity index is 403. The molecule has 0 saturated heterocycles. The van der Waals surface area contributed by atoms with E-state index in [-0.39, 0.29) is 17.8 Å². The zero-order valence-corrected chi connectivity index (χ0v) is 10.6. The Kier molecular flexibility index (Phi) is 4.31. The lowest BCUT2D eigenvalue weighted by atomic mass is 10.2. The highest BCUT2D eigenvalue weighted by atomic mass is 16.6. The summed E-state index contributed by atoms with van der Waals surface area (Å²) in [6.07, 6.45) is 0.0316. The van der Waals surface area contributed by atoms with E-state index in [2.05, 4.69) is 5.32 Å². The SMILES string of the molecule is CC(C)Nc1cc([N+](=O)[O-])ccc1OC(C)C. The average Bonchev–Trinajstić information content (AvgIpc) is 2.18. The molecule has 1 aromatic rings. The second-order valence-corrected chi connectivity index (χ2v) is 4.40. The first-order valence-electron chi connectivity index (χ1n) is 5.61. The Balaban J connectivity index is 3.07. The molecule has 0 fully saturated rings. The smallest absolute Gasteiger partial charge is 0.271 e. The maximum Gasteiger partial charge on any atom is 0.271 e. The van der Waals surface area contributed by atoms with Gasteiger partial charge in [0.2, 0.25) is 0 Å². The van der Waals surface area contributed by atoms with Gasteiger partial charge in [-0.05, 0) is 33.8 Å². The second-order valence-electron chi connectivity index (χ2n) is 4.40. The molecule has 5 heteroatoms. The minimum absolute atomic E-state index is 0.0316. The van der Waals surface area contributed by atoms with E-state index in [1.165, 1.54) is 12.1 Å². The van der Waals surface area contributed by atoms with Gasteiger partial charge < -0.3 is 10.1 Å². The van der Waals surface area contributed by atoms with E-state index in [0.29, 0.717) is 11.4 Å². The second kappa shape index (κ2) is 5.52. The van der Waals surface area contributed by atoms with Gasteiger partial charge in [0.15, 0.2) is 0 Å². The van der Waals surface area contributed by atoms with Crippen molar-refractivity contribution in [1.82, 2.24) is 0 Å². The van der Waals surface area contributed by atoms with Crippen LogP contribution >= 0.6 is 0 Å². The Hall–Kier alpha value is -1.78. The van der Waals surface area contributed by atoms with Crippen molar-refractivity contribution in [1.29, 1.82) is 0 Å². The quantitative estimate of drug-likeness (QED) is 0.632. The molecule has 94 valence electrons. The minimum atomic E-state index is -0.412. The van der Waals surface area contributed by atoms with Gasteiger partial charge >= 0.3 is 0 Å². The zero-order chi connectivity index (χ0) is 13.0. The number of hydrogen-bond donors (Lipinski definition) is 1. The molecule has 0 heterocycles. The first-order valence-corrected chi connectivity index (χ1v) is 5.61. The van der Waals surface area contributed by atoms with E-state index in [0.717, 1.165) is 0 Å². The van der Waals surface area contributed by atoms with Crippen molar-refractivity contribution in [2.75, 3.05) is 5.32 Å². The number of rotatable bonds is 5. The molecule has 0 unspecified atom stereocenters. The van der Waals surface area contributed by atoms with Crippen molar-refractivity contribution < 1.29 is 9.66 Å². The number of non-ortho nitro benzene ring substituents is 1. The van der Waals surface area contributed by atoms with Gasteiger partial charge in [0, 0.05) is 18.2 Å². The summed E-state index contributed by atoms with van der Waals surface area (Å²) in [6.45, 7) is 7.77. The van der Waals surface area contributed by atoms with Crippen LogP contribution in [0.3, 0.4) is 0 Å². The zero-order valence-electron chi connectivity index (χ0n) is 10.6. The molecule has 0 saturated carbocycles. The maximum absolute atomic E-state index is 10.7. The summed E-state index contributed by atoms with van der Waals surface area (Å²) in [6, 6.07) is 4.76. The number of benzene rings is 1. The number of nitrogens with one attached hydrogen (secondary N) is 1. The molecule has 1 aromatic carbocycles. The van der Waals surface area contributed by atoms with Crippen LogP contribution in [-0.4, -0.2) is 17.1 Å². The summed E-state index contributed by atoms with van der Waals surface area (Å²) in [5, 5.41) is 13.9. The van der Waals surface area contributed by atoms with Gasteiger partial charge in [-0.25, -0.2) is 0 Å². The number of ether oxygens (including phenoxy) is 1. The summed E-state index contributed by atoms with van der Waals surface area (Å²) < 4.78 is 5.60. The van der Waals surface area contributed by atoms with Crippen LogP contribution in [0.4, 0.5) is 11.4 Å². The van der Waals surface area contributed by atoms with E-state index in [1.54, 1.807) is 6.07 Å². The third-order valence-electron chi connectivity index (χ3n) is 1.98. The molecular weight excluding hydrogens is 220 g/mol. The van der Waals surface area contributed by atoms with Gasteiger partial charge in [0.05, 0.1) is 16.7 Å². The lowest BCUT2D eigenvalue weighted by Crippen LogP contribution is -2.13. The summed E-state index contributed by atoms with van der Waals surface area (Å²) >= 11 is 0. The topological polar surface area (TPSA) is 64.4 Å². The van der Waals surface area contributed by atoms with Crippen LogP contribution in [0.5, 0.6) is 5.75 Å². The van der Waals surface area contributed by atoms with Gasteiger partial charge in [-0.15, -0.1) is 0 Å². The number of nitro benzene ring substituents is 1. The van der Waals surface area contributed by atoms with Gasteiger partial charge in [-0.1, -0.05) is 0 Å². The predicted molar refractivity (Wildman–Crippen MR) is 67.6 cm³/mol. The van der Waals surface area contributed by atoms with Crippen LogP contribution in [0, 0.1) is 10.1 Å². The molecule has 0 bridgehead atoms. The Morgan fingerprint density at radius 2 is 1.94 bits per heavy atom. The molecular formula is C12H18N2O3. The fourth-order valence-electron chi connectivity index (χ4n) is 1.41. The molecule has 0 aliphatic rings. The van der Waals surface area contributed by atoms with Gasteiger partial charge in [-0.3, -0.25) is 10.1 Å². The van der Waals surface area contributed by atoms with E-state index >= 15 is 0 Å². The molecule has 0 spiro atoms. The largest absolute Gasteiger partial charge is 0.489 e. The van der Waals surface area contributed by atoms with Crippen molar-refractivity contribution in [3.05, 3.63) is 28.3 Å². The van der Waals surface area contributed by atoms with E-state index in [1.807, 2.05) is 27.7 Å². The molecule has 1 rings (SSSR count). The van der Waals surface area contributed by atoms with Crippen molar-refractivity contribution in [2.24, 2.45) is 0 Å². The van der Waals surface area contributed by atoms with Gasteiger partial charge in [0.25, 0.3) is 5.69 Å². The fraction of sp³-hybridized carbons (Fsp3) is 0.500. The number of hydrogen-bond acceptors (Lipinski definition) is 4. The van der Waals surface area contributed by atoms with Crippen LogP contribution in [-0.2, 0) is 0 Å². The molecule has 17 heavy (non-hydrogen) atoms. The van der Waals surface area contributed by atoms with E-state index in [4.69, 9.17) is 4.74 Å². The van der Waals surface area contributed by atoms with Gasteiger partial charge in [-0.2, -0.15) is 0 Å². The van der Waals surface area contributed by atoms with E-state index in [9.17, 15) is 10.1 Å². The van der Waals surface area contributed by atoms with Crippen LogP contribution < -0.4 is 10.1 Å². The van der Waals surface area contributed by atoms with E-state index < -0.39 is 4.92 Å². The Morgan fingerprint density at radius 3 is 2.41 bits per heavy atom. The standard InChI is InChI=1S/C12H18N2O3/c1-8(2)13-11-7-10(14(15)16)5-6-12(11)17-9(3)4/h5-9,13H,1-4H3. The number of nitro groups is 1. The highest BCUT2D eigenvalue weighted by Crippen LogP contribution is 2.30. The van der Waals surface area contributed by atoms with Crippen molar-refractivity contribution in [2.45, 2.75) is 39.8 Å². The highest BCUT2D eigenvalue weighted by Gasteiger charge is 2.13. The highest BCUT2D eigenvalue weighted by molar-refractivity contribution is 5.62. The van der Waals surface area contributed by atoms with Gasteiger partial charge in [0.1, 0.15) is 5.75 Å². The summed E-state index contributed by atoms with van der Waals surface area (Å²) in [7, 11) is 0. The maximum atomic E-state index is 10.7. The molecule has 0 atom stereocenters. The first kappa shape index (κ1) is 13.3. The molecule has 0 amide bonds. The van der Waals surface area contributed by atoms with Crippen LogP contribution in [0.1, 0.15) is 27.7 Å². The van der Waals surface area contributed by atoms with Crippen LogP contribution in [0.15, 0.2) is 18.2 Å². The summed E-state index contributed by atoms with van der Waals surface area (Å²) in [5.41, 5.74) is 0.715. The summed E-state index contributed by atoms with van der Waals surface area (Å²) in [4.78, 5) is 10.3. The molecule has 0 aliphatic carbocycles. The molecule has 5 nitrogen and oxygen atoms in total.